The van der Waals surface area contributed by atoms with Crippen LogP contribution < -0.4 is 11.2 Å². The number of hydrogen-bond acceptors (Lipinski definition) is 3. The van der Waals surface area contributed by atoms with Crippen LogP contribution >= 0.6 is 12.4 Å². The van der Waals surface area contributed by atoms with Crippen molar-refractivity contribution in [1.82, 2.24) is 5.43 Å². The quantitative estimate of drug-likeness (QED) is 0.511. The molecule has 2 aromatic carbocycles. The summed E-state index contributed by atoms with van der Waals surface area (Å²) in [5.41, 5.74) is 9.41. The van der Waals surface area contributed by atoms with Crippen molar-refractivity contribution in [2.24, 2.45) is 21.0 Å². The number of halogens is 3. The summed E-state index contributed by atoms with van der Waals surface area (Å²) >= 11 is 0. The number of nitrogens with zero attached hydrogens (tertiary/aromatic N) is 3. The van der Waals surface area contributed by atoms with Crippen LogP contribution in [0.1, 0.15) is 11.1 Å². The Kier molecular flexibility index (Phi) is 7.35. The molecule has 0 aliphatic heterocycles. The average molecular weight is 338 g/mol. The van der Waals surface area contributed by atoms with Gasteiger partial charge in [-0.1, -0.05) is 24.3 Å². The zero-order valence-electron chi connectivity index (χ0n) is 11.9. The van der Waals surface area contributed by atoms with Gasteiger partial charge in [-0.2, -0.15) is 10.2 Å². The van der Waals surface area contributed by atoms with E-state index in [-0.39, 0.29) is 30.0 Å². The number of nitrogens with one attached hydrogen (secondary N) is 1. The van der Waals surface area contributed by atoms with E-state index in [0.29, 0.717) is 11.1 Å². The Balaban J connectivity index is 0.00000264. The van der Waals surface area contributed by atoms with Crippen LogP contribution in [0.3, 0.4) is 0 Å². The van der Waals surface area contributed by atoms with E-state index >= 15 is 0 Å². The minimum atomic E-state index is -0.322. The predicted molar refractivity (Wildman–Crippen MR) is 90.0 cm³/mol. The van der Waals surface area contributed by atoms with Gasteiger partial charge in [0, 0.05) is 0 Å². The van der Waals surface area contributed by atoms with Crippen LogP contribution in [0.5, 0.6) is 0 Å². The normalized spacial score (nSPS) is 11.7. The van der Waals surface area contributed by atoms with Crippen molar-refractivity contribution in [2.45, 2.75) is 0 Å². The van der Waals surface area contributed by atoms with Gasteiger partial charge < -0.3 is 5.73 Å². The maximum atomic E-state index is 12.7. The van der Waals surface area contributed by atoms with Gasteiger partial charge in [0.05, 0.1) is 12.4 Å². The summed E-state index contributed by atoms with van der Waals surface area (Å²) in [6, 6.07) is 11.5. The van der Waals surface area contributed by atoms with Crippen molar-refractivity contribution >= 4 is 30.8 Å². The molecule has 120 valence electrons. The van der Waals surface area contributed by atoms with Gasteiger partial charge in [0.15, 0.2) is 0 Å². The van der Waals surface area contributed by atoms with Crippen LogP contribution in [0.4, 0.5) is 8.78 Å². The van der Waals surface area contributed by atoms with Gasteiger partial charge in [-0.05, 0) is 35.4 Å². The third-order valence-electron chi connectivity index (χ3n) is 2.51. The molecule has 0 fully saturated rings. The second kappa shape index (κ2) is 9.26. The summed E-state index contributed by atoms with van der Waals surface area (Å²) in [6.07, 6.45) is 2.89. The molecule has 0 atom stereocenters. The van der Waals surface area contributed by atoms with Gasteiger partial charge in [0.25, 0.3) is 0 Å². The number of guanidine groups is 1. The van der Waals surface area contributed by atoms with E-state index in [1.807, 2.05) is 0 Å². The van der Waals surface area contributed by atoms with Crippen LogP contribution in [0.2, 0.25) is 0 Å². The first-order chi connectivity index (χ1) is 10.6. The van der Waals surface area contributed by atoms with E-state index in [4.69, 9.17) is 5.73 Å². The van der Waals surface area contributed by atoms with Gasteiger partial charge in [-0.25, -0.2) is 14.2 Å². The van der Waals surface area contributed by atoms with Gasteiger partial charge in [0.1, 0.15) is 11.6 Å². The summed E-state index contributed by atoms with van der Waals surface area (Å²) in [7, 11) is 0. The summed E-state index contributed by atoms with van der Waals surface area (Å²) in [5, 5.41) is 11.2. The molecule has 0 radical (unpaired) electrons. The average Bonchev–Trinajstić information content (AvgIpc) is 2.51. The van der Waals surface area contributed by atoms with Gasteiger partial charge in [-0.3, -0.25) is 0 Å². The van der Waals surface area contributed by atoms with E-state index in [1.165, 1.54) is 36.7 Å². The highest BCUT2D eigenvalue weighted by Gasteiger charge is 1.91. The summed E-state index contributed by atoms with van der Waals surface area (Å²) < 4.78 is 25.4. The third-order valence-corrected chi connectivity index (χ3v) is 2.51. The monoisotopic (exact) mass is 337 g/mol. The van der Waals surface area contributed by atoms with E-state index < -0.39 is 0 Å². The molecule has 5 nitrogen and oxygen atoms in total. The molecule has 0 aliphatic carbocycles. The highest BCUT2D eigenvalue weighted by molar-refractivity contribution is 5.85. The molecule has 0 saturated heterocycles. The first-order valence-electron chi connectivity index (χ1n) is 6.30. The van der Waals surface area contributed by atoms with Crippen molar-refractivity contribution in [1.29, 1.82) is 0 Å². The minimum absolute atomic E-state index is 0. The molecule has 0 spiro atoms. The standard InChI is InChI=1S/C15H13F2N5.ClH/c16-13-5-1-11(2-6-13)9-19-21-15(18)22-20-10-12-3-7-14(17)8-4-12;/h1-10H,(H3,18,21,22);1H/b19-9+,20-10+;. The third kappa shape index (κ3) is 6.66. The number of benzene rings is 2. The lowest BCUT2D eigenvalue weighted by atomic mass is 10.2. The van der Waals surface area contributed by atoms with Crippen molar-refractivity contribution in [3.63, 3.8) is 0 Å². The zero-order valence-corrected chi connectivity index (χ0v) is 12.7. The lowest BCUT2D eigenvalue weighted by molar-refractivity contribution is 0.627. The first kappa shape index (κ1) is 18.2. The Morgan fingerprint density at radius 2 is 1.35 bits per heavy atom. The lowest BCUT2D eigenvalue weighted by Crippen LogP contribution is -2.26. The topological polar surface area (TPSA) is 75.1 Å². The Morgan fingerprint density at radius 1 is 0.870 bits per heavy atom. The Morgan fingerprint density at radius 3 is 1.87 bits per heavy atom. The van der Waals surface area contributed by atoms with Crippen molar-refractivity contribution in [2.75, 3.05) is 0 Å². The summed E-state index contributed by atoms with van der Waals surface area (Å²) in [5.74, 6) is -0.657. The zero-order chi connectivity index (χ0) is 15.8. The number of nitrogens with two attached hydrogens (primary N) is 1. The number of hydrazone groups is 1. The Labute approximate surface area is 138 Å². The second-order valence-corrected chi connectivity index (χ2v) is 4.20. The molecule has 23 heavy (non-hydrogen) atoms. The minimum Gasteiger partial charge on any atom is -0.367 e. The molecule has 0 aromatic heterocycles. The molecule has 2 rings (SSSR count). The fourth-order valence-electron chi connectivity index (χ4n) is 1.45. The van der Waals surface area contributed by atoms with Crippen molar-refractivity contribution < 1.29 is 8.78 Å². The van der Waals surface area contributed by atoms with Crippen LogP contribution in [-0.2, 0) is 0 Å². The largest absolute Gasteiger partial charge is 0.367 e. The van der Waals surface area contributed by atoms with Gasteiger partial charge >= 0.3 is 0 Å². The Hall–Kier alpha value is -2.80. The molecule has 0 bridgehead atoms. The molecule has 0 amide bonds. The molecule has 2 aromatic rings. The number of hydrogen-bond donors (Lipinski definition) is 2. The predicted octanol–water partition coefficient (Wildman–Crippen LogP) is 2.66. The van der Waals surface area contributed by atoms with Crippen LogP contribution in [0, 0.1) is 11.6 Å². The summed E-state index contributed by atoms with van der Waals surface area (Å²) in [6.45, 7) is 0. The number of rotatable bonds is 4. The molecular formula is C15H14ClF2N5. The SMILES string of the molecule is Cl.N/C(=N\N=C\c1ccc(F)cc1)N/N=C/c1ccc(F)cc1. The maximum Gasteiger partial charge on any atom is 0.234 e. The molecular weight excluding hydrogens is 324 g/mol. The van der Waals surface area contributed by atoms with Crippen LogP contribution in [0.15, 0.2) is 63.8 Å². The van der Waals surface area contributed by atoms with E-state index in [2.05, 4.69) is 20.7 Å². The lowest BCUT2D eigenvalue weighted by Gasteiger charge is -1.96. The first-order valence-corrected chi connectivity index (χ1v) is 6.30. The maximum absolute atomic E-state index is 12.7. The van der Waals surface area contributed by atoms with Gasteiger partial charge in [0.2, 0.25) is 5.96 Å². The van der Waals surface area contributed by atoms with Crippen molar-refractivity contribution in [3.8, 4) is 0 Å². The summed E-state index contributed by atoms with van der Waals surface area (Å²) in [4.78, 5) is 0. The van der Waals surface area contributed by atoms with E-state index in [0.717, 1.165) is 0 Å². The Bertz CT molecular complexity index is 697. The highest BCUT2D eigenvalue weighted by atomic mass is 35.5. The van der Waals surface area contributed by atoms with Crippen LogP contribution in [0.25, 0.3) is 0 Å². The van der Waals surface area contributed by atoms with Crippen molar-refractivity contribution in [3.05, 3.63) is 71.3 Å². The fourth-order valence-corrected chi connectivity index (χ4v) is 1.45. The van der Waals surface area contributed by atoms with Crippen LogP contribution in [-0.4, -0.2) is 18.4 Å². The molecule has 8 heteroatoms. The molecule has 0 saturated carbocycles. The van der Waals surface area contributed by atoms with Gasteiger partial charge in [-0.15, -0.1) is 17.5 Å². The van der Waals surface area contributed by atoms with E-state index in [9.17, 15) is 8.78 Å². The molecule has 0 aliphatic rings. The highest BCUT2D eigenvalue weighted by Crippen LogP contribution is 2.00. The molecule has 0 heterocycles. The fraction of sp³-hybridized carbons (Fsp3) is 0. The second-order valence-electron chi connectivity index (χ2n) is 4.20. The molecule has 0 unspecified atom stereocenters. The molecule has 3 N–H and O–H groups in total. The van der Waals surface area contributed by atoms with E-state index in [1.54, 1.807) is 24.3 Å². The smallest absolute Gasteiger partial charge is 0.234 e.